The van der Waals surface area contributed by atoms with Gasteiger partial charge in [-0.2, -0.15) is 0 Å². The summed E-state index contributed by atoms with van der Waals surface area (Å²) in [5.41, 5.74) is 7.07. The molecule has 2 N–H and O–H groups in total. The Balaban J connectivity index is 2.75. The van der Waals surface area contributed by atoms with Crippen molar-refractivity contribution >= 4 is 0 Å². The van der Waals surface area contributed by atoms with Crippen LogP contribution in [0.1, 0.15) is 65.7 Å². The second-order valence-electron chi connectivity index (χ2n) is 5.30. The average molecular weight is 197 g/mol. The second kappa shape index (κ2) is 4.65. The maximum atomic E-state index is 5.98. The van der Waals surface area contributed by atoms with Crippen LogP contribution in [0.25, 0.3) is 0 Å². The number of hydrogen-bond acceptors (Lipinski definition) is 1. The van der Waals surface area contributed by atoms with Crippen LogP contribution >= 0.6 is 0 Å². The SMILES string of the molecule is CCC1(CC)CCCC(CC)(CN)C1. The summed E-state index contributed by atoms with van der Waals surface area (Å²) >= 11 is 0. The van der Waals surface area contributed by atoms with E-state index in [0.29, 0.717) is 10.8 Å². The van der Waals surface area contributed by atoms with Gasteiger partial charge in [0.1, 0.15) is 0 Å². The lowest BCUT2D eigenvalue weighted by molar-refractivity contribution is 0.0520. The van der Waals surface area contributed by atoms with E-state index in [0.717, 1.165) is 6.54 Å². The molecule has 84 valence electrons. The van der Waals surface area contributed by atoms with Crippen molar-refractivity contribution in [1.29, 1.82) is 0 Å². The Morgan fingerprint density at radius 3 is 1.86 bits per heavy atom. The zero-order chi connectivity index (χ0) is 10.7. The zero-order valence-electron chi connectivity index (χ0n) is 10.2. The van der Waals surface area contributed by atoms with Crippen molar-refractivity contribution < 1.29 is 0 Å². The predicted octanol–water partition coefficient (Wildman–Crippen LogP) is 3.72. The molecule has 0 spiro atoms. The normalized spacial score (nSPS) is 31.7. The maximum Gasteiger partial charge on any atom is -0.00204 e. The Kier molecular flexibility index (Phi) is 4.00. The lowest BCUT2D eigenvalue weighted by Crippen LogP contribution is -2.40. The standard InChI is InChI=1S/C13H27N/c1-4-12(5-2)8-7-9-13(6-3,10-12)11-14/h4-11,14H2,1-3H3. The van der Waals surface area contributed by atoms with Crippen molar-refractivity contribution in [3.05, 3.63) is 0 Å². The van der Waals surface area contributed by atoms with E-state index in [1.54, 1.807) is 0 Å². The Hall–Kier alpha value is -0.0400. The molecule has 0 radical (unpaired) electrons. The largest absolute Gasteiger partial charge is 0.330 e. The van der Waals surface area contributed by atoms with Gasteiger partial charge in [-0.3, -0.25) is 0 Å². The molecule has 0 aromatic carbocycles. The van der Waals surface area contributed by atoms with Gasteiger partial charge in [-0.15, -0.1) is 0 Å². The first-order chi connectivity index (χ1) is 6.66. The third-order valence-electron chi connectivity index (χ3n) is 4.85. The first kappa shape index (κ1) is 12.0. The molecule has 0 bridgehead atoms. The topological polar surface area (TPSA) is 26.0 Å². The van der Waals surface area contributed by atoms with E-state index in [9.17, 15) is 0 Å². The van der Waals surface area contributed by atoms with E-state index in [1.807, 2.05) is 0 Å². The van der Waals surface area contributed by atoms with Gasteiger partial charge in [-0.1, -0.05) is 40.0 Å². The molecule has 0 aromatic rings. The molecule has 1 rings (SSSR count). The van der Waals surface area contributed by atoms with Crippen LogP contribution in [-0.2, 0) is 0 Å². The fourth-order valence-electron chi connectivity index (χ4n) is 3.28. The average Bonchev–Trinajstić information content (AvgIpc) is 2.29. The molecule has 1 heteroatoms. The Labute approximate surface area is 89.5 Å². The number of hydrogen-bond donors (Lipinski definition) is 1. The lowest BCUT2D eigenvalue weighted by Gasteiger charge is -2.47. The molecular formula is C13H27N. The molecule has 1 atom stereocenters. The fraction of sp³-hybridized carbons (Fsp3) is 1.00. The Bertz CT molecular complexity index is 148. The first-order valence-electron chi connectivity index (χ1n) is 6.36. The van der Waals surface area contributed by atoms with Crippen LogP contribution < -0.4 is 5.73 Å². The Morgan fingerprint density at radius 2 is 1.43 bits per heavy atom. The summed E-state index contributed by atoms with van der Waals surface area (Å²) in [6, 6.07) is 0. The van der Waals surface area contributed by atoms with Crippen molar-refractivity contribution in [2.75, 3.05) is 6.54 Å². The van der Waals surface area contributed by atoms with Crippen molar-refractivity contribution in [3.8, 4) is 0 Å². The molecule has 0 heterocycles. The summed E-state index contributed by atoms with van der Waals surface area (Å²) < 4.78 is 0. The summed E-state index contributed by atoms with van der Waals surface area (Å²) in [6.45, 7) is 7.91. The predicted molar refractivity (Wildman–Crippen MR) is 63.3 cm³/mol. The highest BCUT2D eigenvalue weighted by Gasteiger charge is 2.40. The monoisotopic (exact) mass is 197 g/mol. The minimum Gasteiger partial charge on any atom is -0.330 e. The molecule has 0 amide bonds. The molecule has 1 saturated carbocycles. The zero-order valence-corrected chi connectivity index (χ0v) is 10.2. The van der Waals surface area contributed by atoms with E-state index in [1.165, 1.54) is 44.9 Å². The summed E-state index contributed by atoms with van der Waals surface area (Å²) in [7, 11) is 0. The maximum absolute atomic E-state index is 5.98. The van der Waals surface area contributed by atoms with Crippen molar-refractivity contribution in [2.24, 2.45) is 16.6 Å². The molecule has 1 unspecified atom stereocenters. The van der Waals surface area contributed by atoms with Crippen LogP contribution in [0.4, 0.5) is 0 Å². The number of rotatable bonds is 4. The van der Waals surface area contributed by atoms with Crippen LogP contribution in [0.3, 0.4) is 0 Å². The van der Waals surface area contributed by atoms with E-state index < -0.39 is 0 Å². The van der Waals surface area contributed by atoms with Gasteiger partial charge in [-0.05, 0) is 43.1 Å². The van der Waals surface area contributed by atoms with Crippen LogP contribution in [0.2, 0.25) is 0 Å². The van der Waals surface area contributed by atoms with Gasteiger partial charge in [0.2, 0.25) is 0 Å². The van der Waals surface area contributed by atoms with Gasteiger partial charge in [0.05, 0.1) is 0 Å². The van der Waals surface area contributed by atoms with Gasteiger partial charge in [0.25, 0.3) is 0 Å². The molecule has 0 aromatic heterocycles. The van der Waals surface area contributed by atoms with Gasteiger partial charge in [-0.25, -0.2) is 0 Å². The number of nitrogens with two attached hydrogens (primary N) is 1. The van der Waals surface area contributed by atoms with Gasteiger partial charge in [0.15, 0.2) is 0 Å². The molecule has 1 nitrogen and oxygen atoms in total. The molecule has 1 aliphatic rings. The smallest absolute Gasteiger partial charge is 0.00204 e. The van der Waals surface area contributed by atoms with Gasteiger partial charge < -0.3 is 5.73 Å². The summed E-state index contributed by atoms with van der Waals surface area (Å²) in [5.74, 6) is 0. The summed E-state index contributed by atoms with van der Waals surface area (Å²) in [6.07, 6.45) is 9.51. The third kappa shape index (κ3) is 2.13. The van der Waals surface area contributed by atoms with Gasteiger partial charge in [0, 0.05) is 0 Å². The highest BCUT2D eigenvalue weighted by Crippen LogP contribution is 2.51. The van der Waals surface area contributed by atoms with E-state index in [-0.39, 0.29) is 0 Å². The third-order valence-corrected chi connectivity index (χ3v) is 4.85. The van der Waals surface area contributed by atoms with E-state index in [4.69, 9.17) is 5.73 Å². The molecule has 0 aliphatic heterocycles. The van der Waals surface area contributed by atoms with Crippen LogP contribution in [-0.4, -0.2) is 6.54 Å². The minimum absolute atomic E-state index is 0.476. The highest BCUT2D eigenvalue weighted by molar-refractivity contribution is 4.93. The summed E-state index contributed by atoms with van der Waals surface area (Å²) in [5, 5.41) is 0. The van der Waals surface area contributed by atoms with Crippen LogP contribution in [0.5, 0.6) is 0 Å². The van der Waals surface area contributed by atoms with Crippen LogP contribution in [0.15, 0.2) is 0 Å². The lowest BCUT2D eigenvalue weighted by atomic mass is 9.59. The van der Waals surface area contributed by atoms with Gasteiger partial charge >= 0.3 is 0 Å². The quantitative estimate of drug-likeness (QED) is 0.730. The molecule has 14 heavy (non-hydrogen) atoms. The molecule has 0 saturated heterocycles. The first-order valence-corrected chi connectivity index (χ1v) is 6.36. The van der Waals surface area contributed by atoms with E-state index in [2.05, 4.69) is 20.8 Å². The highest BCUT2D eigenvalue weighted by atomic mass is 14.6. The van der Waals surface area contributed by atoms with Crippen molar-refractivity contribution in [1.82, 2.24) is 0 Å². The van der Waals surface area contributed by atoms with Crippen LogP contribution in [0, 0.1) is 10.8 Å². The van der Waals surface area contributed by atoms with Crippen molar-refractivity contribution in [3.63, 3.8) is 0 Å². The molecule has 1 fully saturated rings. The second-order valence-corrected chi connectivity index (χ2v) is 5.30. The van der Waals surface area contributed by atoms with E-state index >= 15 is 0 Å². The minimum atomic E-state index is 0.476. The van der Waals surface area contributed by atoms with Crippen molar-refractivity contribution in [2.45, 2.75) is 65.7 Å². The molecular weight excluding hydrogens is 170 g/mol. The Morgan fingerprint density at radius 1 is 0.929 bits per heavy atom. The molecule has 1 aliphatic carbocycles. The fourth-order valence-corrected chi connectivity index (χ4v) is 3.28. The summed E-state index contributed by atoms with van der Waals surface area (Å²) in [4.78, 5) is 0.